The molecule has 0 spiro atoms. The number of aromatic nitrogens is 2. The van der Waals surface area contributed by atoms with E-state index in [9.17, 15) is 0 Å². The molecule has 0 radical (unpaired) electrons. The number of hydrogen-bond donors (Lipinski definition) is 1. The molecule has 17 heavy (non-hydrogen) atoms. The molecule has 5 nitrogen and oxygen atoms in total. The fourth-order valence-electron chi connectivity index (χ4n) is 1.32. The minimum Gasteiger partial charge on any atom is -0.338 e. The Hall–Kier alpha value is -0.590. The summed E-state index contributed by atoms with van der Waals surface area (Å²) in [5.74, 6) is 2.26. The van der Waals surface area contributed by atoms with Gasteiger partial charge in [0.05, 0.1) is 12.1 Å². The first-order chi connectivity index (χ1) is 7.84. The van der Waals surface area contributed by atoms with Gasteiger partial charge in [0.15, 0.2) is 5.82 Å². The van der Waals surface area contributed by atoms with Crippen LogP contribution in [-0.2, 0) is 12.1 Å². The summed E-state index contributed by atoms with van der Waals surface area (Å²) in [5, 5.41) is 3.90. The van der Waals surface area contributed by atoms with Crippen molar-refractivity contribution in [1.82, 2.24) is 15.0 Å². The van der Waals surface area contributed by atoms with E-state index in [4.69, 9.17) is 10.3 Å². The normalized spacial score (nSPS) is 14.3. The molecule has 2 N–H and O–H groups in total. The Morgan fingerprint density at radius 3 is 2.65 bits per heavy atom. The van der Waals surface area contributed by atoms with Crippen LogP contribution in [-0.4, -0.2) is 40.1 Å². The molecule has 98 valence electrons. The van der Waals surface area contributed by atoms with E-state index in [1.165, 1.54) is 0 Å². The molecule has 0 aliphatic carbocycles. The average Bonchev–Trinajstić information content (AvgIpc) is 2.66. The van der Waals surface area contributed by atoms with Crippen LogP contribution < -0.4 is 5.73 Å². The molecule has 1 atom stereocenters. The van der Waals surface area contributed by atoms with Gasteiger partial charge in [-0.1, -0.05) is 5.16 Å². The van der Waals surface area contributed by atoms with Gasteiger partial charge in [-0.05, 0) is 34.1 Å². The van der Waals surface area contributed by atoms with Crippen molar-refractivity contribution in [1.29, 1.82) is 0 Å². The van der Waals surface area contributed by atoms with Crippen LogP contribution in [0.1, 0.15) is 32.5 Å². The molecule has 1 rings (SSSR count). The van der Waals surface area contributed by atoms with E-state index in [2.05, 4.69) is 35.3 Å². The predicted molar refractivity (Wildman–Crippen MR) is 70.8 cm³/mol. The van der Waals surface area contributed by atoms with Crippen LogP contribution in [0.15, 0.2) is 4.52 Å². The van der Waals surface area contributed by atoms with Crippen LogP contribution in [0, 0.1) is 0 Å². The lowest BCUT2D eigenvalue weighted by Crippen LogP contribution is -2.31. The number of nitrogens with zero attached hydrogens (tertiary/aromatic N) is 3. The van der Waals surface area contributed by atoms with Crippen molar-refractivity contribution in [3.63, 3.8) is 0 Å². The smallest absolute Gasteiger partial charge is 0.240 e. The van der Waals surface area contributed by atoms with Gasteiger partial charge in [0.1, 0.15) is 0 Å². The van der Waals surface area contributed by atoms with Gasteiger partial charge in [-0.2, -0.15) is 16.7 Å². The zero-order valence-corrected chi connectivity index (χ0v) is 12.0. The molecule has 0 saturated carbocycles. The highest BCUT2D eigenvalue weighted by Gasteiger charge is 2.22. The van der Waals surface area contributed by atoms with Gasteiger partial charge in [0, 0.05) is 11.8 Å². The molecule has 6 heteroatoms. The van der Waals surface area contributed by atoms with Crippen molar-refractivity contribution in [2.45, 2.75) is 38.9 Å². The van der Waals surface area contributed by atoms with Crippen molar-refractivity contribution in [2.75, 3.05) is 19.1 Å². The Morgan fingerprint density at radius 2 is 2.18 bits per heavy atom. The SMILES string of the molecule is CSCC(C)N(C)Cc1nc(C(C)(C)N)no1. The predicted octanol–water partition coefficient (Wildman–Crippen LogP) is 1.45. The van der Waals surface area contributed by atoms with Crippen molar-refractivity contribution in [3.8, 4) is 0 Å². The van der Waals surface area contributed by atoms with Gasteiger partial charge >= 0.3 is 0 Å². The molecule has 1 aromatic rings. The van der Waals surface area contributed by atoms with E-state index in [-0.39, 0.29) is 0 Å². The molecular weight excluding hydrogens is 236 g/mol. The zero-order chi connectivity index (χ0) is 13.1. The molecule has 0 fully saturated rings. The number of thioether (sulfide) groups is 1. The quantitative estimate of drug-likeness (QED) is 0.833. The minimum absolute atomic E-state index is 0.478. The van der Waals surface area contributed by atoms with Gasteiger partial charge in [-0.3, -0.25) is 4.90 Å². The first-order valence-corrected chi connectivity index (χ1v) is 7.05. The van der Waals surface area contributed by atoms with Crippen molar-refractivity contribution in [3.05, 3.63) is 11.7 Å². The highest BCUT2D eigenvalue weighted by Crippen LogP contribution is 2.14. The Kier molecular flexibility index (Phi) is 4.97. The minimum atomic E-state index is -0.550. The van der Waals surface area contributed by atoms with Crippen LogP contribution in [0.4, 0.5) is 0 Å². The van der Waals surface area contributed by atoms with Crippen LogP contribution in [0.5, 0.6) is 0 Å². The first kappa shape index (κ1) is 14.5. The van der Waals surface area contributed by atoms with E-state index in [0.29, 0.717) is 24.3 Å². The third kappa shape index (κ3) is 4.29. The molecule has 0 aliphatic rings. The van der Waals surface area contributed by atoms with Gasteiger partial charge in [-0.15, -0.1) is 0 Å². The lowest BCUT2D eigenvalue weighted by molar-refractivity contribution is 0.228. The summed E-state index contributed by atoms with van der Waals surface area (Å²) >= 11 is 1.83. The number of hydrogen-bond acceptors (Lipinski definition) is 6. The van der Waals surface area contributed by atoms with Crippen molar-refractivity contribution in [2.24, 2.45) is 5.73 Å². The third-order valence-electron chi connectivity index (χ3n) is 2.59. The average molecular weight is 258 g/mol. The van der Waals surface area contributed by atoms with Crippen molar-refractivity contribution >= 4 is 11.8 Å². The largest absolute Gasteiger partial charge is 0.338 e. The standard InChI is InChI=1S/C11H22N4OS/c1-8(7-17-5)15(4)6-9-13-10(14-16-9)11(2,3)12/h8H,6-7,12H2,1-5H3. The van der Waals surface area contributed by atoms with Gasteiger partial charge < -0.3 is 10.3 Å². The lowest BCUT2D eigenvalue weighted by atomic mass is 10.1. The Morgan fingerprint density at radius 1 is 1.53 bits per heavy atom. The van der Waals surface area contributed by atoms with E-state index < -0.39 is 5.54 Å². The molecule has 1 unspecified atom stereocenters. The van der Waals surface area contributed by atoms with Crippen LogP contribution >= 0.6 is 11.8 Å². The van der Waals surface area contributed by atoms with E-state index >= 15 is 0 Å². The topological polar surface area (TPSA) is 68.2 Å². The van der Waals surface area contributed by atoms with Crippen LogP contribution in [0.25, 0.3) is 0 Å². The van der Waals surface area contributed by atoms with Gasteiger partial charge in [0.2, 0.25) is 5.89 Å². The second kappa shape index (κ2) is 5.84. The fraction of sp³-hybridized carbons (Fsp3) is 0.818. The highest BCUT2D eigenvalue weighted by molar-refractivity contribution is 7.98. The lowest BCUT2D eigenvalue weighted by Gasteiger charge is -2.21. The Balaban J connectivity index is 2.60. The molecule has 0 bridgehead atoms. The van der Waals surface area contributed by atoms with E-state index in [1.54, 1.807) is 0 Å². The monoisotopic (exact) mass is 258 g/mol. The Bertz CT molecular complexity index is 347. The fourth-order valence-corrected chi connectivity index (χ4v) is 2.06. The molecule has 0 aromatic carbocycles. The summed E-state index contributed by atoms with van der Waals surface area (Å²) in [6, 6.07) is 0.478. The van der Waals surface area contributed by atoms with Gasteiger partial charge in [-0.25, -0.2) is 0 Å². The maximum Gasteiger partial charge on any atom is 0.240 e. The highest BCUT2D eigenvalue weighted by atomic mass is 32.2. The second-order valence-electron chi connectivity index (χ2n) is 4.95. The molecule has 1 aromatic heterocycles. The van der Waals surface area contributed by atoms with Crippen LogP contribution in [0.3, 0.4) is 0 Å². The summed E-state index contributed by atoms with van der Waals surface area (Å²) < 4.78 is 5.20. The summed E-state index contributed by atoms with van der Waals surface area (Å²) in [5.41, 5.74) is 5.36. The molecule has 1 heterocycles. The number of rotatable bonds is 6. The van der Waals surface area contributed by atoms with Crippen molar-refractivity contribution < 1.29 is 4.52 Å². The molecule has 0 aliphatic heterocycles. The summed E-state index contributed by atoms with van der Waals surface area (Å²) in [6.07, 6.45) is 2.10. The van der Waals surface area contributed by atoms with E-state index in [1.807, 2.05) is 25.6 Å². The van der Waals surface area contributed by atoms with Gasteiger partial charge in [0.25, 0.3) is 0 Å². The summed E-state index contributed by atoms with van der Waals surface area (Å²) in [6.45, 7) is 6.56. The molecular formula is C11H22N4OS. The molecule has 0 amide bonds. The number of nitrogens with two attached hydrogens (primary N) is 1. The maximum absolute atomic E-state index is 5.91. The molecule has 0 saturated heterocycles. The first-order valence-electron chi connectivity index (χ1n) is 5.65. The summed E-state index contributed by atoms with van der Waals surface area (Å²) in [7, 11) is 2.05. The summed E-state index contributed by atoms with van der Waals surface area (Å²) in [4.78, 5) is 6.50. The van der Waals surface area contributed by atoms with Crippen LogP contribution in [0.2, 0.25) is 0 Å². The second-order valence-corrected chi connectivity index (χ2v) is 5.86. The Labute approximate surface area is 107 Å². The van der Waals surface area contributed by atoms with E-state index in [0.717, 1.165) is 5.75 Å². The third-order valence-corrected chi connectivity index (χ3v) is 3.41. The maximum atomic E-state index is 5.91. The zero-order valence-electron chi connectivity index (χ0n) is 11.2.